The molecule has 0 radical (unpaired) electrons. The Bertz CT molecular complexity index is 786. The Kier molecular flexibility index (Phi) is 7.87. The van der Waals surface area contributed by atoms with Crippen molar-refractivity contribution in [3.05, 3.63) is 0 Å². The van der Waals surface area contributed by atoms with E-state index in [0.29, 0.717) is 25.9 Å². The van der Waals surface area contributed by atoms with E-state index in [1.54, 1.807) is 16.7 Å². The third-order valence-corrected chi connectivity index (χ3v) is 10.1. The van der Waals surface area contributed by atoms with Gasteiger partial charge in [-0.3, -0.25) is 14.4 Å². The fourth-order valence-corrected chi connectivity index (χ4v) is 9.96. The van der Waals surface area contributed by atoms with Gasteiger partial charge in [0, 0.05) is 35.3 Å². The second kappa shape index (κ2) is 9.69. The van der Waals surface area contributed by atoms with Gasteiger partial charge in [-0.05, 0) is 44.9 Å². The number of likely N-dealkylation sites (tertiary alicyclic amines) is 1. The topological polar surface area (TPSA) is 98.7 Å². The van der Waals surface area contributed by atoms with E-state index < -0.39 is 28.2 Å². The third-order valence-electron chi connectivity index (χ3n) is 6.88. The Hall–Kier alpha value is -0.800. The summed E-state index contributed by atoms with van der Waals surface area (Å²) < 4.78 is -0.637. The number of nitrogens with zero attached hydrogens (tertiary/aromatic N) is 1. The molecule has 3 aliphatic heterocycles. The maximum Gasteiger partial charge on any atom is 0.244 e. The predicted molar refractivity (Wildman–Crippen MR) is 135 cm³/mol. The van der Waals surface area contributed by atoms with E-state index in [2.05, 4.69) is 47.3 Å². The molecule has 2 bridgehead atoms. The van der Waals surface area contributed by atoms with Gasteiger partial charge in [0.15, 0.2) is 0 Å². The number of nitrogens with one attached hydrogen (secondary N) is 2. The van der Waals surface area contributed by atoms with Crippen LogP contribution in [0.15, 0.2) is 0 Å². The summed E-state index contributed by atoms with van der Waals surface area (Å²) in [5.41, 5.74) is -0.410. The first-order chi connectivity index (χ1) is 15.3. The van der Waals surface area contributed by atoms with E-state index in [0.717, 1.165) is 12.8 Å². The Morgan fingerprint density at radius 2 is 1.91 bits per heavy atom. The number of rotatable bonds is 9. The molecule has 3 N–H and O–H groups in total. The van der Waals surface area contributed by atoms with E-state index >= 15 is 0 Å². The van der Waals surface area contributed by atoms with Crippen molar-refractivity contribution in [2.45, 2.75) is 93.6 Å². The zero-order chi connectivity index (χ0) is 24.8. The lowest BCUT2D eigenvalue weighted by atomic mass is 9.70. The highest BCUT2D eigenvalue weighted by Gasteiger charge is 2.75. The van der Waals surface area contributed by atoms with Gasteiger partial charge in [-0.25, -0.2) is 0 Å². The molecule has 3 amide bonds. The van der Waals surface area contributed by atoms with E-state index in [1.807, 2.05) is 20.8 Å². The molecule has 9 heteroatoms. The van der Waals surface area contributed by atoms with Gasteiger partial charge in [0.2, 0.25) is 17.7 Å². The Labute approximate surface area is 210 Å². The van der Waals surface area contributed by atoms with Crippen molar-refractivity contribution in [3.63, 3.8) is 0 Å². The lowest BCUT2D eigenvalue weighted by Crippen LogP contribution is -2.58. The van der Waals surface area contributed by atoms with Crippen LogP contribution in [-0.4, -0.2) is 73.8 Å². The maximum absolute atomic E-state index is 13.8. The van der Waals surface area contributed by atoms with Gasteiger partial charge in [-0.1, -0.05) is 43.6 Å². The van der Waals surface area contributed by atoms with Crippen molar-refractivity contribution in [1.29, 1.82) is 0 Å². The minimum atomic E-state index is -0.653. The van der Waals surface area contributed by atoms with Crippen molar-refractivity contribution in [2.24, 2.45) is 17.3 Å². The normalized spacial score (nSPS) is 33.4. The molecule has 33 heavy (non-hydrogen) atoms. The van der Waals surface area contributed by atoms with Crippen LogP contribution < -0.4 is 10.6 Å². The highest BCUT2D eigenvalue weighted by molar-refractivity contribution is 9.09. The maximum atomic E-state index is 13.8. The van der Waals surface area contributed by atoms with Crippen LogP contribution in [0.25, 0.3) is 0 Å². The molecule has 3 saturated heterocycles. The average molecular weight is 547 g/mol. The van der Waals surface area contributed by atoms with Gasteiger partial charge in [-0.15, -0.1) is 11.8 Å². The van der Waals surface area contributed by atoms with Gasteiger partial charge >= 0.3 is 0 Å². The minimum Gasteiger partial charge on any atom is -0.396 e. The number of halogens is 1. The largest absolute Gasteiger partial charge is 0.396 e. The molecule has 3 rings (SSSR count). The number of hydrogen-bond acceptors (Lipinski definition) is 5. The number of aliphatic hydroxyl groups excluding tert-OH is 1. The van der Waals surface area contributed by atoms with E-state index in [9.17, 15) is 19.5 Å². The van der Waals surface area contributed by atoms with Gasteiger partial charge in [0.25, 0.3) is 0 Å². The minimum absolute atomic E-state index is 0.0314. The first-order valence-corrected chi connectivity index (χ1v) is 13.9. The summed E-state index contributed by atoms with van der Waals surface area (Å²) in [4.78, 5) is 42.5. The monoisotopic (exact) mass is 545 g/mol. The zero-order valence-corrected chi connectivity index (χ0v) is 23.1. The molecule has 0 saturated carbocycles. The molecule has 3 unspecified atom stereocenters. The molecular weight excluding hydrogens is 506 g/mol. The first kappa shape index (κ1) is 26.8. The van der Waals surface area contributed by atoms with E-state index in [-0.39, 0.29) is 39.8 Å². The predicted octanol–water partition coefficient (Wildman–Crippen LogP) is 2.69. The molecule has 3 heterocycles. The van der Waals surface area contributed by atoms with Crippen LogP contribution in [-0.2, 0) is 14.4 Å². The Morgan fingerprint density at radius 3 is 2.48 bits per heavy atom. The van der Waals surface area contributed by atoms with Crippen LogP contribution in [0, 0.1) is 17.3 Å². The van der Waals surface area contributed by atoms with Crippen molar-refractivity contribution in [1.82, 2.24) is 15.5 Å². The number of fused-ring (bicyclic) bond motifs is 1. The van der Waals surface area contributed by atoms with Gasteiger partial charge in [0.05, 0.1) is 16.6 Å². The summed E-state index contributed by atoms with van der Waals surface area (Å²) in [6, 6.07) is -0.653. The lowest BCUT2D eigenvalue weighted by Gasteiger charge is -2.39. The fraction of sp³-hybridized carbons (Fsp3) is 0.875. The molecule has 188 valence electrons. The third kappa shape index (κ3) is 5.10. The second-order valence-corrected chi connectivity index (χ2v) is 14.4. The number of amides is 3. The molecule has 0 aromatic carbocycles. The highest BCUT2D eigenvalue weighted by atomic mass is 79.9. The first-order valence-electron chi connectivity index (χ1n) is 12.1. The van der Waals surface area contributed by atoms with Crippen LogP contribution in [0.3, 0.4) is 0 Å². The quantitative estimate of drug-likeness (QED) is 0.387. The molecule has 3 fully saturated rings. The average Bonchev–Trinajstić information content (AvgIpc) is 3.25. The fourth-order valence-electron chi connectivity index (χ4n) is 6.35. The molecule has 0 aromatic heterocycles. The summed E-state index contributed by atoms with van der Waals surface area (Å²) in [6.07, 6.45) is 2.69. The summed E-state index contributed by atoms with van der Waals surface area (Å²) in [5.74, 6) is -1.33. The zero-order valence-electron chi connectivity index (χ0n) is 20.7. The molecule has 6 atom stereocenters. The number of carbonyl (C=O) groups excluding carboxylic acids is 3. The standard InChI is InChI=1S/C24H40BrN3O4S/c1-7-9-26-19(30)15-16-21(32)28(10-8-11-29)18(24(16)12-14(25)17(15)33-24)20(31)27-23(5,6)13-22(2,3)4/h14-18,29H,7-13H2,1-6H3,(H,26,30)(H,27,31)/t14?,15-,16-,17-,18?,24?/m0/s1. The van der Waals surface area contributed by atoms with E-state index in [1.165, 1.54) is 0 Å². The van der Waals surface area contributed by atoms with Crippen molar-refractivity contribution >= 4 is 45.4 Å². The smallest absolute Gasteiger partial charge is 0.244 e. The van der Waals surface area contributed by atoms with Crippen molar-refractivity contribution < 1.29 is 19.5 Å². The second-order valence-electron chi connectivity index (χ2n) is 11.7. The summed E-state index contributed by atoms with van der Waals surface area (Å²) >= 11 is 5.42. The SMILES string of the molecule is CCCNC(=O)[C@H]1[C@H]2C(=O)N(CCCO)C(C(=O)NC(C)(C)CC(C)(C)C)C23CC(Br)[C@@H]1S3. The summed E-state index contributed by atoms with van der Waals surface area (Å²) in [7, 11) is 0. The summed E-state index contributed by atoms with van der Waals surface area (Å²) in [6.45, 7) is 13.3. The molecule has 7 nitrogen and oxygen atoms in total. The number of alkyl halides is 1. The highest BCUT2D eigenvalue weighted by Crippen LogP contribution is 2.67. The number of aliphatic hydroxyl groups is 1. The molecule has 1 spiro atoms. The van der Waals surface area contributed by atoms with Gasteiger partial charge in [-0.2, -0.15) is 0 Å². The van der Waals surface area contributed by atoms with Crippen molar-refractivity contribution in [3.8, 4) is 0 Å². The Morgan fingerprint density at radius 1 is 1.24 bits per heavy atom. The molecular formula is C24H40BrN3O4S. The van der Waals surface area contributed by atoms with Crippen LogP contribution in [0.5, 0.6) is 0 Å². The van der Waals surface area contributed by atoms with Crippen LogP contribution in [0.4, 0.5) is 0 Å². The molecule has 0 aromatic rings. The van der Waals surface area contributed by atoms with Crippen LogP contribution >= 0.6 is 27.7 Å². The number of hydrogen-bond donors (Lipinski definition) is 3. The summed E-state index contributed by atoms with van der Waals surface area (Å²) in [5, 5.41) is 15.6. The van der Waals surface area contributed by atoms with Crippen LogP contribution in [0.2, 0.25) is 0 Å². The van der Waals surface area contributed by atoms with Gasteiger partial charge in [0.1, 0.15) is 6.04 Å². The van der Waals surface area contributed by atoms with Crippen LogP contribution in [0.1, 0.15) is 67.2 Å². The lowest BCUT2D eigenvalue weighted by molar-refractivity contribution is -0.140. The van der Waals surface area contributed by atoms with Crippen molar-refractivity contribution in [2.75, 3.05) is 19.7 Å². The Balaban J connectivity index is 1.96. The van der Waals surface area contributed by atoms with E-state index in [4.69, 9.17) is 0 Å². The molecule has 3 aliphatic rings. The number of thioether (sulfide) groups is 1. The van der Waals surface area contributed by atoms with Gasteiger partial charge < -0.3 is 20.6 Å². The number of carbonyl (C=O) groups is 3. The molecule has 0 aliphatic carbocycles.